The lowest BCUT2D eigenvalue weighted by Crippen LogP contribution is -2.35. The molecular weight excluding hydrogens is 180 g/mol. The number of carbonyl (C=O) groups excluding carboxylic acids is 2. The summed E-state index contributed by atoms with van der Waals surface area (Å²) in [5, 5.41) is 0. The van der Waals surface area contributed by atoms with Crippen molar-refractivity contribution in [2.24, 2.45) is 0 Å². The van der Waals surface area contributed by atoms with Gasteiger partial charge in [-0.05, 0) is 19.3 Å². The summed E-state index contributed by atoms with van der Waals surface area (Å²) in [6.45, 7) is 5.24. The van der Waals surface area contributed by atoms with Crippen molar-refractivity contribution in [3.63, 3.8) is 0 Å². The zero-order valence-corrected chi connectivity index (χ0v) is 9.26. The normalized spacial score (nSPS) is 14.5. The summed E-state index contributed by atoms with van der Waals surface area (Å²) in [6, 6.07) is 0. The Hall–Kier alpha value is -0.860. The van der Waals surface area contributed by atoms with Crippen molar-refractivity contribution in [2.45, 2.75) is 58.5 Å². The van der Waals surface area contributed by atoms with Crippen LogP contribution in [0.2, 0.25) is 0 Å². The van der Waals surface area contributed by atoms with E-state index < -0.39 is 11.6 Å². The molecule has 0 aromatic carbocycles. The maximum absolute atomic E-state index is 10.8. The molecule has 0 aromatic rings. The Labute approximate surface area is 85.8 Å². The number of esters is 1. The van der Waals surface area contributed by atoms with E-state index in [0.717, 1.165) is 19.3 Å². The van der Waals surface area contributed by atoms with Crippen LogP contribution in [0.5, 0.6) is 0 Å². The lowest BCUT2D eigenvalue weighted by molar-refractivity contribution is -0.151. The average Bonchev–Trinajstić information content (AvgIpc) is 2.16. The molecule has 0 heterocycles. The van der Waals surface area contributed by atoms with Crippen LogP contribution in [-0.2, 0) is 14.3 Å². The fraction of sp³-hybridized carbons (Fsp3) is 0.818. The highest BCUT2D eigenvalue weighted by Gasteiger charge is 2.31. The molecule has 0 saturated heterocycles. The number of ether oxygens (including phenoxy) is 1. The van der Waals surface area contributed by atoms with E-state index in [1.165, 1.54) is 6.92 Å². The Balaban J connectivity index is 4.21. The van der Waals surface area contributed by atoms with Gasteiger partial charge in [0.05, 0.1) is 0 Å². The van der Waals surface area contributed by atoms with E-state index in [1.807, 2.05) is 13.2 Å². The van der Waals surface area contributed by atoms with Crippen LogP contribution >= 0.6 is 0 Å². The molecule has 3 nitrogen and oxygen atoms in total. The monoisotopic (exact) mass is 199 g/mol. The van der Waals surface area contributed by atoms with Gasteiger partial charge in [-0.15, -0.1) is 0 Å². The molecule has 0 aliphatic carbocycles. The van der Waals surface area contributed by atoms with Crippen LogP contribution in [-0.4, -0.2) is 17.9 Å². The topological polar surface area (TPSA) is 43.4 Å². The minimum atomic E-state index is -0.999. The molecular formula is C11H19O3. The van der Waals surface area contributed by atoms with Gasteiger partial charge in [0.1, 0.15) is 0 Å². The van der Waals surface area contributed by atoms with Gasteiger partial charge in [-0.2, -0.15) is 0 Å². The minimum Gasteiger partial charge on any atom is -0.451 e. The highest BCUT2D eigenvalue weighted by molar-refractivity contribution is 5.73. The quantitative estimate of drug-likeness (QED) is 0.467. The first kappa shape index (κ1) is 13.1. The summed E-state index contributed by atoms with van der Waals surface area (Å²) in [6.07, 6.45) is 5.97. The molecule has 3 heteroatoms. The predicted octanol–water partition coefficient (Wildman–Crippen LogP) is 2.39. The van der Waals surface area contributed by atoms with E-state index in [1.54, 1.807) is 0 Å². The lowest BCUT2D eigenvalue weighted by atomic mass is 9.94. The fourth-order valence-corrected chi connectivity index (χ4v) is 1.38. The molecule has 0 N–H and O–H groups in total. The van der Waals surface area contributed by atoms with Gasteiger partial charge in [-0.3, -0.25) is 9.59 Å². The second-order valence-electron chi connectivity index (χ2n) is 3.50. The number of hydrogen-bond donors (Lipinski definition) is 0. The van der Waals surface area contributed by atoms with Gasteiger partial charge in [-0.25, -0.2) is 0 Å². The highest BCUT2D eigenvalue weighted by atomic mass is 16.6. The Morgan fingerprint density at radius 3 is 2.36 bits per heavy atom. The first-order valence-corrected chi connectivity index (χ1v) is 5.19. The fourth-order valence-electron chi connectivity index (χ4n) is 1.38. The van der Waals surface area contributed by atoms with Crippen LogP contribution in [0, 0.1) is 0 Å². The van der Waals surface area contributed by atoms with Gasteiger partial charge in [0.25, 0.3) is 0 Å². The summed E-state index contributed by atoms with van der Waals surface area (Å²) in [5.41, 5.74) is -0.999. The van der Waals surface area contributed by atoms with Crippen LogP contribution in [0.4, 0.5) is 0 Å². The third-order valence-corrected chi connectivity index (χ3v) is 2.28. The third-order valence-electron chi connectivity index (χ3n) is 2.28. The van der Waals surface area contributed by atoms with Crippen LogP contribution in [0.15, 0.2) is 0 Å². The van der Waals surface area contributed by atoms with E-state index in [4.69, 9.17) is 4.74 Å². The maximum Gasteiger partial charge on any atom is 0.303 e. The molecule has 0 aliphatic rings. The molecule has 0 aliphatic heterocycles. The second kappa shape index (κ2) is 6.57. The zero-order chi connectivity index (χ0) is 11.0. The minimum absolute atomic E-state index is 0.410. The summed E-state index contributed by atoms with van der Waals surface area (Å²) < 4.78 is 5.02. The molecule has 0 aromatic heterocycles. The molecule has 0 bridgehead atoms. The molecule has 0 saturated carbocycles. The van der Waals surface area contributed by atoms with E-state index in [-0.39, 0.29) is 0 Å². The Morgan fingerprint density at radius 2 is 2.00 bits per heavy atom. The van der Waals surface area contributed by atoms with Crippen molar-refractivity contribution < 1.29 is 14.3 Å². The van der Waals surface area contributed by atoms with Gasteiger partial charge in [0.2, 0.25) is 6.29 Å². The molecule has 0 amide bonds. The maximum atomic E-state index is 10.8. The Morgan fingerprint density at radius 1 is 1.36 bits per heavy atom. The van der Waals surface area contributed by atoms with Crippen LogP contribution in [0.3, 0.4) is 0 Å². The van der Waals surface area contributed by atoms with Crippen LogP contribution in [0.25, 0.3) is 0 Å². The van der Waals surface area contributed by atoms with Gasteiger partial charge in [0.15, 0.2) is 5.60 Å². The first-order valence-electron chi connectivity index (χ1n) is 5.19. The van der Waals surface area contributed by atoms with E-state index in [0.29, 0.717) is 12.8 Å². The predicted molar refractivity (Wildman–Crippen MR) is 54.6 cm³/mol. The third kappa shape index (κ3) is 4.40. The number of unbranched alkanes of at least 4 members (excludes halogenated alkanes) is 2. The summed E-state index contributed by atoms with van der Waals surface area (Å²) in [4.78, 5) is 21.6. The van der Waals surface area contributed by atoms with E-state index in [2.05, 4.69) is 6.92 Å². The molecule has 1 radical (unpaired) electrons. The van der Waals surface area contributed by atoms with Crippen molar-refractivity contribution >= 4 is 12.3 Å². The number of rotatable bonds is 7. The molecule has 1 unspecified atom stereocenters. The van der Waals surface area contributed by atoms with Crippen molar-refractivity contribution in [1.82, 2.24) is 0 Å². The van der Waals surface area contributed by atoms with Gasteiger partial charge in [-0.1, -0.05) is 26.7 Å². The summed E-state index contributed by atoms with van der Waals surface area (Å²) in [7, 11) is 0. The SMILES string of the molecule is CCCCCC([C]=O)(CC)OC(C)=O. The van der Waals surface area contributed by atoms with Gasteiger partial charge >= 0.3 is 5.97 Å². The van der Waals surface area contributed by atoms with Gasteiger partial charge in [0, 0.05) is 6.92 Å². The molecule has 0 fully saturated rings. The van der Waals surface area contributed by atoms with Crippen molar-refractivity contribution in [3.05, 3.63) is 0 Å². The number of carbonyl (C=O) groups is 1. The van der Waals surface area contributed by atoms with Crippen molar-refractivity contribution in [2.75, 3.05) is 0 Å². The van der Waals surface area contributed by atoms with Crippen molar-refractivity contribution in [1.29, 1.82) is 0 Å². The van der Waals surface area contributed by atoms with E-state index >= 15 is 0 Å². The highest BCUT2D eigenvalue weighted by Crippen LogP contribution is 2.21. The largest absolute Gasteiger partial charge is 0.451 e. The molecule has 1 atom stereocenters. The Kier molecular flexibility index (Phi) is 6.17. The number of hydrogen-bond acceptors (Lipinski definition) is 3. The average molecular weight is 199 g/mol. The van der Waals surface area contributed by atoms with Gasteiger partial charge < -0.3 is 4.74 Å². The lowest BCUT2D eigenvalue weighted by Gasteiger charge is -2.25. The zero-order valence-electron chi connectivity index (χ0n) is 9.26. The molecule has 81 valence electrons. The molecule has 0 rings (SSSR count). The standard InChI is InChI=1S/C11H19O3/c1-4-6-7-8-11(5-2,9-12)14-10(3)13/h4-8H2,1-3H3. The second-order valence-corrected chi connectivity index (χ2v) is 3.50. The van der Waals surface area contributed by atoms with Crippen molar-refractivity contribution in [3.8, 4) is 0 Å². The smallest absolute Gasteiger partial charge is 0.303 e. The first-order chi connectivity index (χ1) is 6.60. The molecule has 14 heavy (non-hydrogen) atoms. The van der Waals surface area contributed by atoms with Crippen LogP contribution in [0.1, 0.15) is 52.9 Å². The Bertz CT molecular complexity index is 189. The van der Waals surface area contributed by atoms with E-state index in [9.17, 15) is 9.59 Å². The van der Waals surface area contributed by atoms with Crippen LogP contribution < -0.4 is 0 Å². The summed E-state index contributed by atoms with van der Waals surface area (Å²) >= 11 is 0. The molecule has 0 spiro atoms. The summed E-state index contributed by atoms with van der Waals surface area (Å²) in [5.74, 6) is -0.410.